The molecular weight excluding hydrogens is 437 g/mol. The quantitative estimate of drug-likeness (QED) is 0.548. The zero-order chi connectivity index (χ0) is 23.1. The first-order valence-corrected chi connectivity index (χ1v) is 10.6. The SMILES string of the molecule is CCS(=O)(=O)c1cc(C(=O)N(C)OC)ccc1-c1nc2cc(C(F)(F)F)cnc2n1C. The number of fused-ring (bicyclic) bond motifs is 1. The highest BCUT2D eigenvalue weighted by atomic mass is 32.2. The first kappa shape index (κ1) is 22.7. The molecule has 1 aromatic carbocycles. The molecule has 166 valence electrons. The molecule has 0 saturated carbocycles. The molecule has 0 unspecified atom stereocenters. The molecule has 2 heterocycles. The van der Waals surface area contributed by atoms with Crippen LogP contribution < -0.4 is 0 Å². The first-order chi connectivity index (χ1) is 14.4. The van der Waals surface area contributed by atoms with Gasteiger partial charge < -0.3 is 4.57 Å². The van der Waals surface area contributed by atoms with Crippen molar-refractivity contribution in [2.45, 2.75) is 18.0 Å². The molecule has 3 rings (SSSR count). The van der Waals surface area contributed by atoms with Crippen molar-refractivity contribution in [2.75, 3.05) is 19.9 Å². The zero-order valence-corrected chi connectivity index (χ0v) is 17.9. The maximum Gasteiger partial charge on any atom is 0.417 e. The van der Waals surface area contributed by atoms with E-state index >= 15 is 0 Å². The van der Waals surface area contributed by atoms with Crippen LogP contribution in [0.1, 0.15) is 22.8 Å². The molecule has 0 atom stereocenters. The Kier molecular flexibility index (Phi) is 5.80. The average molecular weight is 456 g/mol. The second-order valence-electron chi connectivity index (χ2n) is 6.66. The fraction of sp³-hybridized carbons (Fsp3) is 0.316. The molecule has 0 fully saturated rings. The first-order valence-electron chi connectivity index (χ1n) is 8.99. The molecule has 12 heteroatoms. The Bertz CT molecular complexity index is 1270. The summed E-state index contributed by atoms with van der Waals surface area (Å²) in [7, 11) is 0.366. The van der Waals surface area contributed by atoms with Gasteiger partial charge in [0.05, 0.1) is 23.3 Å². The smallest absolute Gasteiger partial charge is 0.312 e. The van der Waals surface area contributed by atoms with Crippen LogP contribution in [0.4, 0.5) is 13.2 Å². The Morgan fingerprint density at radius 3 is 2.52 bits per heavy atom. The van der Waals surface area contributed by atoms with Crippen LogP contribution in [0.3, 0.4) is 0 Å². The van der Waals surface area contributed by atoms with Crippen molar-refractivity contribution < 1.29 is 31.2 Å². The van der Waals surface area contributed by atoms with Crippen molar-refractivity contribution in [3.8, 4) is 11.4 Å². The number of carbonyl (C=O) groups excluding carboxylic acids is 1. The number of rotatable bonds is 5. The maximum atomic E-state index is 13.0. The molecule has 0 aliphatic heterocycles. The number of aromatic nitrogens is 3. The number of benzene rings is 1. The highest BCUT2D eigenvalue weighted by molar-refractivity contribution is 7.91. The molecule has 0 aliphatic carbocycles. The lowest BCUT2D eigenvalue weighted by Gasteiger charge is -2.16. The van der Waals surface area contributed by atoms with Gasteiger partial charge in [-0.2, -0.15) is 13.2 Å². The van der Waals surface area contributed by atoms with E-state index in [0.717, 1.165) is 11.1 Å². The zero-order valence-electron chi connectivity index (χ0n) is 17.1. The molecule has 0 N–H and O–H groups in total. The Labute approximate surface area is 176 Å². The van der Waals surface area contributed by atoms with E-state index in [0.29, 0.717) is 6.20 Å². The van der Waals surface area contributed by atoms with Gasteiger partial charge in [0.1, 0.15) is 11.3 Å². The fourth-order valence-corrected chi connectivity index (χ4v) is 4.10. The van der Waals surface area contributed by atoms with Gasteiger partial charge >= 0.3 is 6.18 Å². The number of sulfone groups is 1. The van der Waals surface area contributed by atoms with Crippen LogP contribution in [0, 0.1) is 0 Å². The Morgan fingerprint density at radius 1 is 1.26 bits per heavy atom. The summed E-state index contributed by atoms with van der Waals surface area (Å²) >= 11 is 0. The van der Waals surface area contributed by atoms with E-state index in [1.165, 1.54) is 50.9 Å². The van der Waals surface area contributed by atoms with Crippen LogP contribution >= 0.6 is 0 Å². The van der Waals surface area contributed by atoms with E-state index in [9.17, 15) is 26.4 Å². The number of imidazole rings is 1. The van der Waals surface area contributed by atoms with Gasteiger partial charge in [0.25, 0.3) is 5.91 Å². The lowest BCUT2D eigenvalue weighted by atomic mass is 10.1. The summed E-state index contributed by atoms with van der Waals surface area (Å²) in [6.07, 6.45) is -3.90. The van der Waals surface area contributed by atoms with Gasteiger partial charge in [-0.25, -0.2) is 23.4 Å². The van der Waals surface area contributed by atoms with Crippen molar-refractivity contribution in [3.05, 3.63) is 41.6 Å². The number of amides is 1. The fourth-order valence-electron chi connectivity index (χ4n) is 2.99. The van der Waals surface area contributed by atoms with Crippen molar-refractivity contribution in [1.29, 1.82) is 0 Å². The van der Waals surface area contributed by atoms with Gasteiger partial charge in [-0.05, 0) is 24.3 Å². The van der Waals surface area contributed by atoms with Gasteiger partial charge in [-0.3, -0.25) is 9.63 Å². The number of alkyl halides is 3. The minimum absolute atomic E-state index is 0.0357. The van der Waals surface area contributed by atoms with E-state index in [1.807, 2.05) is 0 Å². The molecular formula is C19H19F3N4O4S. The van der Waals surface area contributed by atoms with Gasteiger partial charge in [0.15, 0.2) is 15.5 Å². The largest absolute Gasteiger partial charge is 0.417 e. The highest BCUT2D eigenvalue weighted by Gasteiger charge is 2.32. The topological polar surface area (TPSA) is 94.4 Å². The summed E-state index contributed by atoms with van der Waals surface area (Å²) in [6, 6.07) is 4.85. The number of hydroxylamine groups is 2. The predicted octanol–water partition coefficient (Wildman–Crippen LogP) is 3.08. The van der Waals surface area contributed by atoms with Crippen LogP contribution in [0.5, 0.6) is 0 Å². The van der Waals surface area contributed by atoms with Crippen molar-refractivity contribution in [1.82, 2.24) is 19.6 Å². The molecule has 0 aliphatic rings. The summed E-state index contributed by atoms with van der Waals surface area (Å²) < 4.78 is 66.0. The number of nitrogens with zero attached hydrogens (tertiary/aromatic N) is 4. The normalized spacial score (nSPS) is 12.4. The van der Waals surface area contributed by atoms with E-state index in [1.54, 1.807) is 0 Å². The highest BCUT2D eigenvalue weighted by Crippen LogP contribution is 2.33. The number of carbonyl (C=O) groups is 1. The van der Waals surface area contributed by atoms with Gasteiger partial charge in [0.2, 0.25) is 0 Å². The van der Waals surface area contributed by atoms with E-state index in [-0.39, 0.29) is 38.8 Å². The van der Waals surface area contributed by atoms with Crippen LogP contribution in [0.15, 0.2) is 35.4 Å². The number of hydrogen-bond acceptors (Lipinski definition) is 6. The second kappa shape index (κ2) is 7.93. The average Bonchev–Trinajstić information content (AvgIpc) is 3.07. The van der Waals surface area contributed by atoms with E-state index in [2.05, 4.69) is 9.97 Å². The van der Waals surface area contributed by atoms with Crippen LogP contribution in [-0.2, 0) is 27.9 Å². The predicted molar refractivity (Wildman–Crippen MR) is 106 cm³/mol. The number of aryl methyl sites for hydroxylation is 1. The molecule has 3 aromatic rings. The van der Waals surface area contributed by atoms with Crippen molar-refractivity contribution >= 4 is 26.9 Å². The Morgan fingerprint density at radius 2 is 1.94 bits per heavy atom. The molecule has 1 amide bonds. The van der Waals surface area contributed by atoms with Crippen LogP contribution in [0.25, 0.3) is 22.6 Å². The van der Waals surface area contributed by atoms with Gasteiger partial charge in [-0.1, -0.05) is 6.92 Å². The maximum absolute atomic E-state index is 13.0. The summed E-state index contributed by atoms with van der Waals surface area (Å²) in [6.45, 7) is 1.45. The lowest BCUT2D eigenvalue weighted by molar-refractivity contribution is -0.137. The Hall–Kier alpha value is -2.99. The minimum Gasteiger partial charge on any atom is -0.312 e. The summed E-state index contributed by atoms with van der Waals surface area (Å²) in [5, 5.41) is 0.939. The molecule has 2 aromatic heterocycles. The third kappa shape index (κ3) is 4.12. The third-order valence-corrected chi connectivity index (χ3v) is 6.55. The van der Waals surface area contributed by atoms with Crippen LogP contribution in [-0.4, -0.2) is 53.8 Å². The second-order valence-corrected chi connectivity index (χ2v) is 8.91. The summed E-state index contributed by atoms with van der Waals surface area (Å²) in [5.74, 6) is -0.714. The molecule has 0 bridgehead atoms. The van der Waals surface area contributed by atoms with Crippen molar-refractivity contribution in [3.63, 3.8) is 0 Å². The number of halogens is 3. The Balaban J connectivity index is 2.25. The molecule has 8 nitrogen and oxygen atoms in total. The van der Waals surface area contributed by atoms with E-state index < -0.39 is 27.5 Å². The number of hydrogen-bond donors (Lipinski definition) is 0. The molecule has 0 spiro atoms. The van der Waals surface area contributed by atoms with E-state index in [4.69, 9.17) is 4.84 Å². The molecule has 31 heavy (non-hydrogen) atoms. The lowest BCUT2D eigenvalue weighted by Crippen LogP contribution is -2.25. The van der Waals surface area contributed by atoms with Crippen LogP contribution in [0.2, 0.25) is 0 Å². The monoisotopic (exact) mass is 456 g/mol. The summed E-state index contributed by atoms with van der Waals surface area (Å²) in [4.78, 5) is 25.1. The molecule has 0 radical (unpaired) electrons. The minimum atomic E-state index is -4.59. The summed E-state index contributed by atoms with van der Waals surface area (Å²) in [5.41, 5.74) is -0.632. The third-order valence-electron chi connectivity index (χ3n) is 4.78. The van der Waals surface area contributed by atoms with Crippen molar-refractivity contribution in [2.24, 2.45) is 7.05 Å². The van der Waals surface area contributed by atoms with Gasteiger partial charge in [0, 0.05) is 31.4 Å². The molecule has 0 saturated heterocycles. The standard InChI is InChI=1S/C19H19F3N4O4S/c1-5-31(28,29)15-8-11(18(27)26(3)30-4)6-7-13(15)16-24-14-9-12(19(20,21)22)10-23-17(14)25(16)2/h6-10H,5H2,1-4H3. The van der Waals surface area contributed by atoms with Gasteiger partial charge in [-0.15, -0.1) is 0 Å². The number of pyridine rings is 1.